The standard InChI is InChI=1S/C32H26N2O4/c1-5-31(3,29(35)36)23-13-11-21-22-12-14-24(32(4,6-2)30(37)38)26-18(16-34)8-10-20(28(22)26)19-9-7-17(15-33)25(23)27(19)21/h7-14H,5-6H2,1-4H3,(H,35,36)(H,37,38). The highest BCUT2D eigenvalue weighted by atomic mass is 16.4. The number of benzene rings is 5. The van der Waals surface area contributed by atoms with E-state index in [0.29, 0.717) is 45.9 Å². The van der Waals surface area contributed by atoms with Crippen LogP contribution in [0, 0.1) is 22.7 Å². The lowest BCUT2D eigenvalue weighted by Gasteiger charge is -2.28. The van der Waals surface area contributed by atoms with Crippen molar-refractivity contribution in [2.24, 2.45) is 0 Å². The minimum Gasteiger partial charge on any atom is -0.481 e. The minimum absolute atomic E-state index is 0.345. The molecule has 2 N–H and O–H groups in total. The summed E-state index contributed by atoms with van der Waals surface area (Å²) in [5, 5.41) is 46.6. The predicted molar refractivity (Wildman–Crippen MR) is 148 cm³/mol. The molecule has 0 radical (unpaired) electrons. The lowest BCUT2D eigenvalue weighted by atomic mass is 9.73. The number of fused-ring (bicyclic) bond motifs is 2. The first-order chi connectivity index (χ1) is 18.1. The molecule has 6 heteroatoms. The summed E-state index contributed by atoms with van der Waals surface area (Å²) < 4.78 is 0. The molecule has 2 unspecified atom stereocenters. The van der Waals surface area contributed by atoms with E-state index in [4.69, 9.17) is 0 Å². The van der Waals surface area contributed by atoms with E-state index < -0.39 is 22.8 Å². The van der Waals surface area contributed by atoms with Crippen molar-refractivity contribution < 1.29 is 19.8 Å². The van der Waals surface area contributed by atoms with Crippen molar-refractivity contribution in [3.05, 3.63) is 70.8 Å². The molecule has 0 bridgehead atoms. The highest BCUT2D eigenvalue weighted by Crippen LogP contribution is 2.47. The van der Waals surface area contributed by atoms with Crippen molar-refractivity contribution >= 4 is 55.0 Å². The van der Waals surface area contributed by atoms with Gasteiger partial charge in [-0.3, -0.25) is 9.59 Å². The van der Waals surface area contributed by atoms with Gasteiger partial charge in [-0.15, -0.1) is 0 Å². The van der Waals surface area contributed by atoms with Crippen LogP contribution in [-0.2, 0) is 20.4 Å². The van der Waals surface area contributed by atoms with Crippen molar-refractivity contribution in [3.63, 3.8) is 0 Å². The van der Waals surface area contributed by atoms with Gasteiger partial charge in [-0.05, 0) is 82.3 Å². The summed E-state index contributed by atoms with van der Waals surface area (Å²) in [7, 11) is 0. The number of carbonyl (C=O) groups is 2. The molecule has 38 heavy (non-hydrogen) atoms. The number of nitriles is 2. The summed E-state index contributed by atoms with van der Waals surface area (Å²) >= 11 is 0. The average molecular weight is 503 g/mol. The fourth-order valence-electron chi connectivity index (χ4n) is 5.91. The summed E-state index contributed by atoms with van der Waals surface area (Å²) in [6, 6.07) is 19.1. The van der Waals surface area contributed by atoms with Gasteiger partial charge >= 0.3 is 11.9 Å². The quantitative estimate of drug-likeness (QED) is 0.191. The first kappa shape index (κ1) is 25.0. The Balaban J connectivity index is 2.09. The Labute approximate surface area is 219 Å². The zero-order valence-corrected chi connectivity index (χ0v) is 21.6. The summed E-state index contributed by atoms with van der Waals surface area (Å²) in [6.07, 6.45) is 0.690. The second-order valence-electron chi connectivity index (χ2n) is 10.3. The largest absolute Gasteiger partial charge is 0.481 e. The molecular weight excluding hydrogens is 476 g/mol. The molecule has 0 saturated heterocycles. The number of carboxylic acids is 2. The molecule has 2 atom stereocenters. The number of aliphatic carboxylic acids is 2. The second kappa shape index (κ2) is 8.43. The van der Waals surface area contributed by atoms with Crippen LogP contribution in [0.4, 0.5) is 0 Å². The molecule has 0 fully saturated rings. The zero-order valence-electron chi connectivity index (χ0n) is 21.6. The molecule has 0 aliphatic heterocycles. The van der Waals surface area contributed by atoms with Crippen LogP contribution in [-0.4, -0.2) is 22.2 Å². The molecule has 0 aromatic heterocycles. The first-order valence-corrected chi connectivity index (χ1v) is 12.6. The Hall–Kier alpha value is -4.68. The van der Waals surface area contributed by atoms with E-state index in [-0.39, 0.29) is 0 Å². The molecule has 5 rings (SSSR count). The van der Waals surface area contributed by atoms with E-state index in [9.17, 15) is 30.3 Å². The van der Waals surface area contributed by atoms with Gasteiger partial charge in [-0.1, -0.05) is 50.2 Å². The number of carboxylic acid groups (broad SMARTS) is 2. The monoisotopic (exact) mass is 502 g/mol. The molecule has 0 aliphatic carbocycles. The molecule has 5 aromatic rings. The van der Waals surface area contributed by atoms with E-state index in [1.807, 2.05) is 38.1 Å². The van der Waals surface area contributed by atoms with Gasteiger partial charge in [0, 0.05) is 10.8 Å². The highest BCUT2D eigenvalue weighted by Gasteiger charge is 2.38. The van der Waals surface area contributed by atoms with Crippen LogP contribution >= 0.6 is 0 Å². The average Bonchev–Trinajstić information content (AvgIpc) is 2.93. The Kier molecular flexibility index (Phi) is 5.54. The number of rotatable bonds is 6. The summed E-state index contributed by atoms with van der Waals surface area (Å²) in [5.41, 5.74) is -0.431. The van der Waals surface area contributed by atoms with Crippen LogP contribution in [0.2, 0.25) is 0 Å². The predicted octanol–water partition coefficient (Wildman–Crippen LogP) is 6.99. The smallest absolute Gasteiger partial charge is 0.313 e. The Bertz CT molecular complexity index is 1750. The van der Waals surface area contributed by atoms with Crippen molar-refractivity contribution in [1.82, 2.24) is 0 Å². The zero-order chi connectivity index (χ0) is 27.6. The van der Waals surface area contributed by atoms with Crippen LogP contribution in [0.25, 0.3) is 43.1 Å². The van der Waals surface area contributed by atoms with Gasteiger partial charge in [0.1, 0.15) is 0 Å². The minimum atomic E-state index is -1.20. The lowest BCUT2D eigenvalue weighted by molar-refractivity contribution is -0.144. The number of hydrogen-bond donors (Lipinski definition) is 2. The molecule has 0 saturated carbocycles. The van der Waals surface area contributed by atoms with Crippen molar-refractivity contribution in [2.45, 2.75) is 51.4 Å². The third-order valence-corrected chi connectivity index (χ3v) is 8.69. The van der Waals surface area contributed by atoms with Gasteiger partial charge in [-0.2, -0.15) is 10.5 Å². The van der Waals surface area contributed by atoms with Crippen molar-refractivity contribution in [2.75, 3.05) is 0 Å². The maximum absolute atomic E-state index is 12.4. The van der Waals surface area contributed by atoms with Gasteiger partial charge in [0.05, 0.1) is 34.1 Å². The van der Waals surface area contributed by atoms with Crippen LogP contribution in [0.1, 0.15) is 62.8 Å². The maximum Gasteiger partial charge on any atom is 0.313 e. The molecule has 0 spiro atoms. The van der Waals surface area contributed by atoms with Gasteiger partial charge < -0.3 is 10.2 Å². The van der Waals surface area contributed by atoms with Crippen molar-refractivity contribution in [3.8, 4) is 12.1 Å². The first-order valence-electron chi connectivity index (χ1n) is 12.6. The Morgan fingerprint density at radius 2 is 0.947 bits per heavy atom. The third kappa shape index (κ3) is 3.04. The SMILES string of the molecule is CCC(C)(C(=O)O)c1ccc2c3ccc(C(C)(CC)C(=O)O)c4c(C#N)ccc(c5ccc(C#N)c1c52)c43. The van der Waals surface area contributed by atoms with Crippen LogP contribution in [0.15, 0.2) is 48.5 Å². The van der Waals surface area contributed by atoms with Crippen LogP contribution in [0.5, 0.6) is 0 Å². The molecule has 6 nitrogen and oxygen atoms in total. The highest BCUT2D eigenvalue weighted by molar-refractivity contribution is 6.34. The Morgan fingerprint density at radius 1 is 0.632 bits per heavy atom. The van der Waals surface area contributed by atoms with E-state index >= 15 is 0 Å². The second-order valence-corrected chi connectivity index (χ2v) is 10.3. The lowest BCUT2D eigenvalue weighted by Crippen LogP contribution is -2.32. The van der Waals surface area contributed by atoms with Gasteiger partial charge in [0.25, 0.3) is 0 Å². The fourth-order valence-corrected chi connectivity index (χ4v) is 5.91. The van der Waals surface area contributed by atoms with E-state index in [2.05, 4.69) is 12.1 Å². The number of hydrogen-bond acceptors (Lipinski definition) is 4. The van der Waals surface area contributed by atoms with Crippen LogP contribution < -0.4 is 0 Å². The maximum atomic E-state index is 12.4. The number of nitrogens with zero attached hydrogens (tertiary/aromatic N) is 2. The van der Waals surface area contributed by atoms with E-state index in [1.54, 1.807) is 38.1 Å². The molecule has 0 amide bonds. The molecule has 188 valence electrons. The van der Waals surface area contributed by atoms with Gasteiger partial charge in [-0.25, -0.2) is 0 Å². The van der Waals surface area contributed by atoms with Crippen LogP contribution in [0.3, 0.4) is 0 Å². The Morgan fingerprint density at radius 3 is 1.21 bits per heavy atom. The van der Waals surface area contributed by atoms with Gasteiger partial charge in [0.15, 0.2) is 0 Å². The van der Waals surface area contributed by atoms with E-state index in [1.165, 1.54) is 0 Å². The van der Waals surface area contributed by atoms with Gasteiger partial charge in [0.2, 0.25) is 0 Å². The van der Waals surface area contributed by atoms with E-state index in [0.717, 1.165) is 32.3 Å². The third-order valence-electron chi connectivity index (χ3n) is 8.69. The molecule has 0 aliphatic rings. The summed E-state index contributed by atoms with van der Waals surface area (Å²) in [5.74, 6) is -1.92. The normalized spacial score (nSPS) is 14.8. The molecule has 5 aromatic carbocycles. The topological polar surface area (TPSA) is 122 Å². The summed E-state index contributed by atoms with van der Waals surface area (Å²) in [4.78, 5) is 24.9. The molecular formula is C32H26N2O4. The van der Waals surface area contributed by atoms with Crippen molar-refractivity contribution in [1.29, 1.82) is 10.5 Å². The molecule has 0 heterocycles. The summed E-state index contributed by atoms with van der Waals surface area (Å²) in [6.45, 7) is 7.01. The fraction of sp³-hybridized carbons (Fsp3) is 0.250.